The lowest BCUT2D eigenvalue weighted by Gasteiger charge is -2.07. The van der Waals surface area contributed by atoms with Crippen LogP contribution in [-0.2, 0) is 9.53 Å². The smallest absolute Gasteiger partial charge is 0.338 e. The maximum Gasteiger partial charge on any atom is 0.338 e. The lowest BCUT2D eigenvalue weighted by Crippen LogP contribution is -2.13. The zero-order valence-corrected chi connectivity index (χ0v) is 17.1. The van der Waals surface area contributed by atoms with Gasteiger partial charge in [-0.15, -0.1) is 11.8 Å². The van der Waals surface area contributed by atoms with E-state index in [1.165, 1.54) is 23.1 Å². The number of fused-ring (bicyclic) bond motifs is 1. The number of nitrogens with zero attached hydrogens (tertiary/aromatic N) is 1. The predicted octanol–water partition coefficient (Wildman–Crippen LogP) is 5.25. The van der Waals surface area contributed by atoms with Gasteiger partial charge in [0.05, 0.1) is 27.6 Å². The normalized spacial score (nSPS) is 11.0. The SMILES string of the molecule is CC(C)OC(=O)c1ccc2nc(NC(=O)CSc3ccc(Cl)cc3)sc2c1. The Morgan fingerprint density at radius 2 is 1.96 bits per heavy atom. The lowest BCUT2D eigenvalue weighted by atomic mass is 10.2. The Morgan fingerprint density at radius 1 is 1.22 bits per heavy atom. The number of esters is 1. The van der Waals surface area contributed by atoms with Crippen LogP contribution in [0.2, 0.25) is 5.02 Å². The standard InChI is InChI=1S/C19H17ClN2O3S2/c1-11(2)25-18(24)12-3-8-15-16(9-12)27-19(21-15)22-17(23)10-26-14-6-4-13(20)5-7-14/h3-9,11H,10H2,1-2H3,(H,21,22,23). The predicted molar refractivity (Wildman–Crippen MR) is 111 cm³/mol. The van der Waals surface area contributed by atoms with Crippen LogP contribution in [-0.4, -0.2) is 28.7 Å². The molecule has 0 aliphatic rings. The van der Waals surface area contributed by atoms with Crippen LogP contribution in [0.4, 0.5) is 5.13 Å². The number of halogens is 1. The third-order valence-electron chi connectivity index (χ3n) is 3.40. The summed E-state index contributed by atoms with van der Waals surface area (Å²) in [4.78, 5) is 29.5. The van der Waals surface area contributed by atoms with E-state index in [4.69, 9.17) is 16.3 Å². The molecule has 1 amide bonds. The molecule has 3 rings (SSSR count). The molecular formula is C19H17ClN2O3S2. The fourth-order valence-electron chi connectivity index (χ4n) is 2.22. The van der Waals surface area contributed by atoms with Crippen molar-refractivity contribution in [3.8, 4) is 0 Å². The first kappa shape index (κ1) is 19.7. The summed E-state index contributed by atoms with van der Waals surface area (Å²) >= 11 is 8.59. The molecular weight excluding hydrogens is 404 g/mol. The van der Waals surface area contributed by atoms with Crippen molar-refractivity contribution >= 4 is 61.9 Å². The highest BCUT2D eigenvalue weighted by Crippen LogP contribution is 2.28. The molecule has 0 saturated carbocycles. The van der Waals surface area contributed by atoms with Gasteiger partial charge in [-0.3, -0.25) is 4.79 Å². The van der Waals surface area contributed by atoms with Crippen molar-refractivity contribution in [3.05, 3.63) is 53.1 Å². The second-order valence-corrected chi connectivity index (χ2v) is 8.46. The van der Waals surface area contributed by atoms with Crippen molar-refractivity contribution < 1.29 is 14.3 Å². The van der Waals surface area contributed by atoms with Crippen molar-refractivity contribution in [1.82, 2.24) is 4.98 Å². The number of nitrogens with one attached hydrogen (secondary N) is 1. The van der Waals surface area contributed by atoms with E-state index in [0.717, 1.165) is 15.1 Å². The van der Waals surface area contributed by atoms with Crippen molar-refractivity contribution in [2.75, 3.05) is 11.1 Å². The van der Waals surface area contributed by atoms with Gasteiger partial charge in [0.15, 0.2) is 5.13 Å². The van der Waals surface area contributed by atoms with E-state index >= 15 is 0 Å². The molecule has 0 unspecified atom stereocenters. The molecule has 27 heavy (non-hydrogen) atoms. The fraction of sp³-hybridized carbons (Fsp3) is 0.211. The van der Waals surface area contributed by atoms with Crippen molar-refractivity contribution in [1.29, 1.82) is 0 Å². The second kappa shape index (κ2) is 8.73. The molecule has 0 saturated heterocycles. The Labute approximate surface area is 170 Å². The maximum absolute atomic E-state index is 12.2. The molecule has 0 aliphatic carbocycles. The largest absolute Gasteiger partial charge is 0.459 e. The number of carbonyl (C=O) groups is 2. The van der Waals surface area contributed by atoms with E-state index in [2.05, 4.69) is 10.3 Å². The summed E-state index contributed by atoms with van der Waals surface area (Å²) in [5.74, 6) is -0.248. The van der Waals surface area contributed by atoms with Crippen LogP contribution in [0, 0.1) is 0 Å². The monoisotopic (exact) mass is 420 g/mol. The Morgan fingerprint density at radius 3 is 2.67 bits per heavy atom. The summed E-state index contributed by atoms with van der Waals surface area (Å²) in [7, 11) is 0. The summed E-state index contributed by atoms with van der Waals surface area (Å²) in [5.41, 5.74) is 1.19. The minimum Gasteiger partial charge on any atom is -0.459 e. The summed E-state index contributed by atoms with van der Waals surface area (Å²) in [6.07, 6.45) is -0.178. The number of thiazole rings is 1. The molecule has 0 radical (unpaired) electrons. The van der Waals surface area contributed by atoms with E-state index < -0.39 is 0 Å². The number of anilines is 1. The molecule has 1 heterocycles. The van der Waals surface area contributed by atoms with Gasteiger partial charge in [0.1, 0.15) is 0 Å². The zero-order chi connectivity index (χ0) is 19.4. The molecule has 0 bridgehead atoms. The molecule has 0 aliphatic heterocycles. The molecule has 1 N–H and O–H groups in total. The Hall–Kier alpha value is -2.09. The van der Waals surface area contributed by atoms with Gasteiger partial charge in [-0.1, -0.05) is 22.9 Å². The van der Waals surface area contributed by atoms with Crippen molar-refractivity contribution in [2.45, 2.75) is 24.8 Å². The van der Waals surface area contributed by atoms with Gasteiger partial charge in [-0.05, 0) is 56.3 Å². The number of benzene rings is 2. The molecule has 0 atom stereocenters. The van der Waals surface area contributed by atoms with Crippen LogP contribution < -0.4 is 5.32 Å². The number of aromatic nitrogens is 1. The number of amides is 1. The number of thioether (sulfide) groups is 1. The number of carbonyl (C=O) groups excluding carboxylic acids is 2. The van der Waals surface area contributed by atoms with E-state index in [9.17, 15) is 9.59 Å². The van der Waals surface area contributed by atoms with Gasteiger partial charge in [0, 0.05) is 9.92 Å². The highest BCUT2D eigenvalue weighted by Gasteiger charge is 2.13. The maximum atomic E-state index is 12.2. The topological polar surface area (TPSA) is 68.3 Å². The third kappa shape index (κ3) is 5.45. The highest BCUT2D eigenvalue weighted by molar-refractivity contribution is 8.00. The molecule has 1 aromatic heterocycles. The van der Waals surface area contributed by atoms with E-state index in [1.807, 2.05) is 12.1 Å². The molecule has 3 aromatic rings. The van der Waals surface area contributed by atoms with Gasteiger partial charge < -0.3 is 10.1 Å². The summed E-state index contributed by atoms with van der Waals surface area (Å²) < 4.78 is 6.02. The van der Waals surface area contributed by atoms with Gasteiger partial charge in [0.25, 0.3) is 0 Å². The summed E-state index contributed by atoms with van der Waals surface area (Å²) in [6, 6.07) is 12.5. The Kier molecular flexibility index (Phi) is 6.36. The molecule has 8 heteroatoms. The van der Waals surface area contributed by atoms with Crippen LogP contribution in [0.25, 0.3) is 10.2 Å². The fourth-order valence-corrected chi connectivity index (χ4v) is 3.97. The average molecular weight is 421 g/mol. The van der Waals surface area contributed by atoms with Gasteiger partial charge in [-0.25, -0.2) is 9.78 Å². The molecule has 2 aromatic carbocycles. The summed E-state index contributed by atoms with van der Waals surface area (Å²) in [6.45, 7) is 3.61. The van der Waals surface area contributed by atoms with E-state index in [0.29, 0.717) is 15.7 Å². The molecule has 140 valence electrons. The minimum absolute atomic E-state index is 0.145. The van der Waals surface area contributed by atoms with Gasteiger partial charge in [-0.2, -0.15) is 0 Å². The van der Waals surface area contributed by atoms with Crippen LogP contribution in [0.1, 0.15) is 24.2 Å². The number of rotatable bonds is 6. The van der Waals surface area contributed by atoms with Gasteiger partial charge >= 0.3 is 5.97 Å². The molecule has 0 fully saturated rings. The van der Waals surface area contributed by atoms with Crippen LogP contribution in [0.3, 0.4) is 0 Å². The first-order chi connectivity index (χ1) is 12.9. The van der Waals surface area contributed by atoms with Crippen molar-refractivity contribution in [3.63, 3.8) is 0 Å². The lowest BCUT2D eigenvalue weighted by molar-refractivity contribution is -0.113. The first-order valence-electron chi connectivity index (χ1n) is 8.20. The number of ether oxygens (including phenoxy) is 1. The minimum atomic E-state index is -0.370. The molecule has 0 spiro atoms. The second-order valence-electron chi connectivity index (χ2n) is 5.95. The van der Waals surface area contributed by atoms with Gasteiger partial charge in [0.2, 0.25) is 5.91 Å². The zero-order valence-electron chi connectivity index (χ0n) is 14.7. The number of hydrogen-bond acceptors (Lipinski definition) is 6. The van der Waals surface area contributed by atoms with E-state index in [1.54, 1.807) is 44.2 Å². The highest BCUT2D eigenvalue weighted by atomic mass is 35.5. The number of hydrogen-bond donors (Lipinski definition) is 1. The van der Waals surface area contributed by atoms with Crippen LogP contribution in [0.15, 0.2) is 47.4 Å². The first-order valence-corrected chi connectivity index (χ1v) is 10.4. The Balaban J connectivity index is 1.63. The summed E-state index contributed by atoms with van der Waals surface area (Å²) in [5, 5.41) is 3.96. The average Bonchev–Trinajstić information content (AvgIpc) is 3.01. The quantitative estimate of drug-likeness (QED) is 0.436. The third-order valence-corrected chi connectivity index (χ3v) is 5.59. The molecule has 5 nitrogen and oxygen atoms in total. The Bertz CT molecular complexity index is 971. The van der Waals surface area contributed by atoms with Crippen LogP contribution in [0.5, 0.6) is 0 Å². The van der Waals surface area contributed by atoms with Crippen LogP contribution >= 0.6 is 34.7 Å². The van der Waals surface area contributed by atoms with Crippen molar-refractivity contribution in [2.24, 2.45) is 0 Å². The van der Waals surface area contributed by atoms with E-state index in [-0.39, 0.29) is 23.7 Å².